The van der Waals surface area contributed by atoms with Gasteiger partial charge in [-0.2, -0.15) is 5.10 Å². The monoisotopic (exact) mass is 468 g/mol. The van der Waals surface area contributed by atoms with Gasteiger partial charge in [0.1, 0.15) is 18.0 Å². The Morgan fingerprint density at radius 3 is 2.48 bits per heavy atom. The summed E-state index contributed by atoms with van der Waals surface area (Å²) < 4.78 is 38.7. The molecule has 0 aliphatic heterocycles. The average molecular weight is 469 g/mol. The van der Waals surface area contributed by atoms with Crippen molar-refractivity contribution in [3.8, 4) is 11.5 Å². The molecular weight excluding hydrogens is 444 g/mol. The molecule has 2 aromatic carbocycles. The highest BCUT2D eigenvalue weighted by Gasteiger charge is 2.30. The predicted octanol–water partition coefficient (Wildman–Crippen LogP) is 2.75. The number of amides is 1. The first-order chi connectivity index (χ1) is 15.8. The van der Waals surface area contributed by atoms with E-state index in [-0.39, 0.29) is 16.3 Å². The minimum absolute atomic E-state index is 0.0303. The van der Waals surface area contributed by atoms with Gasteiger partial charge in [0.25, 0.3) is 15.9 Å². The molecule has 3 rings (SSSR count). The van der Waals surface area contributed by atoms with Crippen molar-refractivity contribution in [3.05, 3.63) is 78.1 Å². The predicted molar refractivity (Wildman–Crippen MR) is 125 cm³/mol. The van der Waals surface area contributed by atoms with Crippen LogP contribution in [0.2, 0.25) is 0 Å². The summed E-state index contributed by atoms with van der Waals surface area (Å²) in [6, 6.07) is 16.3. The van der Waals surface area contributed by atoms with E-state index in [1.54, 1.807) is 48.7 Å². The number of anilines is 1. The molecule has 0 bridgehead atoms. The molecule has 1 aromatic heterocycles. The lowest BCUT2D eigenvalue weighted by Gasteiger charge is -2.25. The Morgan fingerprint density at radius 1 is 1.09 bits per heavy atom. The van der Waals surface area contributed by atoms with E-state index in [1.165, 1.54) is 38.6 Å². The SMILES string of the molecule is COc1ccc(OC)c(N(CC(=O)N/N=C\c2ccccn2)S(=O)(=O)c2ccc(C)cc2)c1. The van der Waals surface area contributed by atoms with E-state index < -0.39 is 22.5 Å². The number of sulfonamides is 1. The third kappa shape index (κ3) is 5.86. The highest BCUT2D eigenvalue weighted by Crippen LogP contribution is 2.35. The van der Waals surface area contributed by atoms with Gasteiger partial charge in [-0.3, -0.25) is 14.1 Å². The van der Waals surface area contributed by atoms with Crippen LogP contribution in [0.1, 0.15) is 11.3 Å². The molecule has 9 nitrogen and oxygen atoms in total. The molecule has 172 valence electrons. The largest absolute Gasteiger partial charge is 0.497 e. The molecule has 0 saturated heterocycles. The number of hydrogen-bond donors (Lipinski definition) is 1. The fraction of sp³-hybridized carbons (Fsp3) is 0.174. The summed E-state index contributed by atoms with van der Waals surface area (Å²) in [4.78, 5) is 16.8. The van der Waals surface area contributed by atoms with Crippen LogP contribution in [-0.2, 0) is 14.8 Å². The lowest BCUT2D eigenvalue weighted by atomic mass is 10.2. The zero-order valence-corrected chi connectivity index (χ0v) is 19.2. The Morgan fingerprint density at radius 2 is 1.85 bits per heavy atom. The number of carbonyl (C=O) groups is 1. The molecule has 0 atom stereocenters. The first-order valence-electron chi connectivity index (χ1n) is 9.89. The number of pyridine rings is 1. The Kier molecular flexibility index (Phi) is 7.62. The minimum Gasteiger partial charge on any atom is -0.497 e. The standard InChI is InChI=1S/C23H24N4O5S/c1-17-7-10-20(11-8-17)33(29,30)27(21-14-19(31-2)9-12-22(21)32-3)16-23(28)26-25-15-18-6-4-5-13-24-18/h4-15H,16H2,1-3H3,(H,26,28)/b25-15-. The van der Waals surface area contributed by atoms with E-state index in [2.05, 4.69) is 15.5 Å². The highest BCUT2D eigenvalue weighted by molar-refractivity contribution is 7.92. The number of ether oxygens (including phenoxy) is 2. The van der Waals surface area contributed by atoms with Crippen molar-refractivity contribution in [1.29, 1.82) is 0 Å². The van der Waals surface area contributed by atoms with Crippen LogP contribution < -0.4 is 19.2 Å². The second kappa shape index (κ2) is 10.6. The van der Waals surface area contributed by atoms with Crippen molar-refractivity contribution >= 4 is 27.8 Å². The Labute approximate surface area is 192 Å². The summed E-state index contributed by atoms with van der Waals surface area (Å²) in [5, 5.41) is 3.87. The van der Waals surface area contributed by atoms with E-state index in [1.807, 2.05) is 6.92 Å². The number of nitrogens with zero attached hydrogens (tertiary/aromatic N) is 3. The van der Waals surface area contributed by atoms with Crippen LogP contribution in [0.25, 0.3) is 0 Å². The van der Waals surface area contributed by atoms with Gasteiger partial charge in [0.15, 0.2) is 0 Å². The van der Waals surface area contributed by atoms with Gasteiger partial charge in [0.2, 0.25) is 0 Å². The maximum absolute atomic E-state index is 13.5. The molecule has 33 heavy (non-hydrogen) atoms. The summed E-state index contributed by atoms with van der Waals surface area (Å²) in [5.74, 6) is 0.0162. The first kappa shape index (κ1) is 23.7. The fourth-order valence-corrected chi connectivity index (χ4v) is 4.34. The van der Waals surface area contributed by atoms with Crippen LogP contribution in [0.3, 0.4) is 0 Å². The molecule has 0 fully saturated rings. The molecule has 0 saturated carbocycles. The van der Waals surface area contributed by atoms with Gasteiger partial charge in [0.05, 0.1) is 36.7 Å². The van der Waals surface area contributed by atoms with Crippen molar-refractivity contribution in [2.45, 2.75) is 11.8 Å². The number of methoxy groups -OCH3 is 2. The minimum atomic E-state index is -4.13. The van der Waals surface area contributed by atoms with Gasteiger partial charge in [-0.25, -0.2) is 13.8 Å². The lowest BCUT2D eigenvalue weighted by molar-refractivity contribution is -0.119. The molecule has 0 aliphatic rings. The van der Waals surface area contributed by atoms with E-state index in [0.717, 1.165) is 9.87 Å². The van der Waals surface area contributed by atoms with Crippen molar-refractivity contribution in [2.24, 2.45) is 5.10 Å². The van der Waals surface area contributed by atoms with Crippen molar-refractivity contribution in [2.75, 3.05) is 25.1 Å². The normalized spacial score (nSPS) is 11.2. The average Bonchev–Trinajstić information content (AvgIpc) is 2.83. The number of carbonyl (C=O) groups excluding carboxylic acids is 1. The zero-order chi connectivity index (χ0) is 23.8. The number of hydrogen-bond acceptors (Lipinski definition) is 7. The molecule has 1 heterocycles. The number of rotatable bonds is 9. The smallest absolute Gasteiger partial charge is 0.264 e. The molecular formula is C23H24N4O5S. The van der Waals surface area contributed by atoms with Gasteiger partial charge in [0, 0.05) is 12.3 Å². The summed E-state index contributed by atoms with van der Waals surface area (Å²) in [7, 11) is -1.25. The molecule has 0 unspecified atom stereocenters. The van der Waals surface area contributed by atoms with Crippen LogP contribution in [-0.4, -0.2) is 46.3 Å². The first-order valence-corrected chi connectivity index (χ1v) is 11.3. The third-order valence-corrected chi connectivity index (χ3v) is 6.40. The van der Waals surface area contributed by atoms with E-state index in [9.17, 15) is 13.2 Å². The van der Waals surface area contributed by atoms with Crippen LogP contribution in [0.15, 0.2) is 76.9 Å². The molecule has 3 aromatic rings. The molecule has 1 amide bonds. The van der Waals surface area contributed by atoms with Gasteiger partial charge in [-0.1, -0.05) is 23.8 Å². The number of aryl methyl sites for hydroxylation is 1. The Balaban J connectivity index is 1.96. The van der Waals surface area contributed by atoms with Crippen LogP contribution in [0, 0.1) is 6.92 Å². The highest BCUT2D eigenvalue weighted by atomic mass is 32.2. The number of nitrogens with one attached hydrogen (secondary N) is 1. The second-order valence-corrected chi connectivity index (χ2v) is 8.77. The van der Waals surface area contributed by atoms with Crippen LogP contribution in [0.4, 0.5) is 5.69 Å². The summed E-state index contributed by atoms with van der Waals surface area (Å²) in [6.07, 6.45) is 2.96. The molecule has 10 heteroatoms. The molecule has 0 spiro atoms. The summed E-state index contributed by atoms with van der Waals surface area (Å²) in [6.45, 7) is 1.31. The summed E-state index contributed by atoms with van der Waals surface area (Å²) in [5.41, 5.74) is 3.94. The Hall–Kier alpha value is -3.92. The molecule has 0 aliphatic carbocycles. The topological polar surface area (TPSA) is 110 Å². The quantitative estimate of drug-likeness (QED) is 0.382. The van der Waals surface area contributed by atoms with Crippen molar-refractivity contribution in [1.82, 2.24) is 10.4 Å². The molecule has 0 radical (unpaired) electrons. The zero-order valence-electron chi connectivity index (χ0n) is 18.4. The van der Waals surface area contributed by atoms with Crippen LogP contribution in [0.5, 0.6) is 11.5 Å². The Bertz CT molecular complexity index is 1230. The van der Waals surface area contributed by atoms with Crippen molar-refractivity contribution < 1.29 is 22.7 Å². The van der Waals surface area contributed by atoms with Gasteiger partial charge < -0.3 is 9.47 Å². The third-order valence-electron chi connectivity index (χ3n) is 4.62. The second-order valence-electron chi connectivity index (χ2n) is 6.91. The number of benzene rings is 2. The van der Waals surface area contributed by atoms with Gasteiger partial charge in [-0.15, -0.1) is 0 Å². The maximum Gasteiger partial charge on any atom is 0.264 e. The van der Waals surface area contributed by atoms with Gasteiger partial charge in [-0.05, 0) is 43.3 Å². The van der Waals surface area contributed by atoms with E-state index in [4.69, 9.17) is 9.47 Å². The number of aromatic nitrogens is 1. The van der Waals surface area contributed by atoms with E-state index >= 15 is 0 Å². The fourth-order valence-electron chi connectivity index (χ4n) is 2.92. The van der Waals surface area contributed by atoms with E-state index in [0.29, 0.717) is 11.4 Å². The molecule has 1 N–H and O–H groups in total. The van der Waals surface area contributed by atoms with Crippen molar-refractivity contribution in [3.63, 3.8) is 0 Å². The lowest BCUT2D eigenvalue weighted by Crippen LogP contribution is -2.39. The maximum atomic E-state index is 13.5. The van der Waals surface area contributed by atoms with Gasteiger partial charge >= 0.3 is 0 Å². The number of hydrazone groups is 1. The summed E-state index contributed by atoms with van der Waals surface area (Å²) >= 11 is 0. The van der Waals surface area contributed by atoms with Crippen LogP contribution >= 0.6 is 0 Å².